The van der Waals surface area contributed by atoms with Crippen LogP contribution in [0.15, 0.2) is 36.4 Å². The molecule has 13 heteroatoms. The van der Waals surface area contributed by atoms with Gasteiger partial charge in [0.2, 0.25) is 5.91 Å². The van der Waals surface area contributed by atoms with Crippen LogP contribution in [-0.4, -0.2) is 96.6 Å². The second kappa shape index (κ2) is 15.4. The van der Waals surface area contributed by atoms with Crippen LogP contribution in [0.4, 0.5) is 4.79 Å². The van der Waals surface area contributed by atoms with Gasteiger partial charge >= 0.3 is 6.09 Å². The molecule has 0 unspecified atom stereocenters. The monoisotopic (exact) mass is 685 g/mol. The van der Waals surface area contributed by atoms with Crippen molar-refractivity contribution in [3.05, 3.63) is 58.7 Å². The number of nitrogens with one attached hydrogen (secondary N) is 2. The van der Waals surface area contributed by atoms with E-state index in [1.165, 1.54) is 30.9 Å². The highest BCUT2D eigenvalue weighted by Crippen LogP contribution is 2.40. The molecule has 2 aromatic carbocycles. The summed E-state index contributed by atoms with van der Waals surface area (Å²) in [4.78, 5) is 42.6. The van der Waals surface area contributed by atoms with Gasteiger partial charge in [-0.3, -0.25) is 9.59 Å². The van der Waals surface area contributed by atoms with Crippen LogP contribution in [0.3, 0.4) is 0 Å². The van der Waals surface area contributed by atoms with E-state index in [2.05, 4.69) is 10.6 Å². The lowest BCUT2D eigenvalue weighted by atomic mass is 9.96. The second-order valence-electron chi connectivity index (χ2n) is 13.1. The third-order valence-corrected chi connectivity index (χ3v) is 10.9. The number of alkyl carbamates (subject to hydrolysis) is 1. The average Bonchev–Trinajstić information content (AvgIpc) is 3.62. The van der Waals surface area contributed by atoms with Crippen molar-refractivity contribution in [2.24, 2.45) is 5.92 Å². The Bertz CT molecular complexity index is 1470. The number of methoxy groups -OCH3 is 2. The molecule has 2 aromatic rings. The summed E-state index contributed by atoms with van der Waals surface area (Å²) in [5.74, 6) is 0.0890. The van der Waals surface area contributed by atoms with Crippen LogP contribution >= 0.6 is 11.8 Å². The number of aryl methyl sites for hydroxylation is 2. The van der Waals surface area contributed by atoms with Crippen LogP contribution < -0.4 is 20.1 Å². The maximum atomic E-state index is 14.1. The summed E-state index contributed by atoms with van der Waals surface area (Å²) in [6.45, 7) is 8.90. The van der Waals surface area contributed by atoms with Gasteiger partial charge in [0.15, 0.2) is 23.9 Å². The van der Waals surface area contributed by atoms with Crippen LogP contribution in [0.5, 0.6) is 11.5 Å². The summed E-state index contributed by atoms with van der Waals surface area (Å²) in [7, 11) is 3.04. The SMILES string of the molecule is COc1ccc(C[C@H](NC(=O)O[C@H]2CO[C@H]3OCCC[C@H]32)[C@H](O)C(=O)N2CSC(C)(C)[C@H]2C(=O)NCc2c(C)cccc2C)cc1OC. The Balaban J connectivity index is 1.34. The van der Waals surface area contributed by atoms with Crippen LogP contribution in [0.2, 0.25) is 0 Å². The molecule has 3 amide bonds. The van der Waals surface area contributed by atoms with E-state index in [1.807, 2.05) is 45.9 Å². The normalized spacial score (nSPS) is 24.3. The third kappa shape index (κ3) is 7.85. The minimum Gasteiger partial charge on any atom is -0.493 e. The number of benzene rings is 2. The number of fused-ring (bicyclic) bond motifs is 1. The fourth-order valence-electron chi connectivity index (χ4n) is 6.73. The predicted molar refractivity (Wildman–Crippen MR) is 180 cm³/mol. The summed E-state index contributed by atoms with van der Waals surface area (Å²) in [6, 6.07) is 9.21. The van der Waals surface area contributed by atoms with Crippen molar-refractivity contribution in [2.45, 2.75) is 88.8 Å². The molecule has 3 fully saturated rings. The van der Waals surface area contributed by atoms with Gasteiger partial charge in [-0.15, -0.1) is 11.8 Å². The zero-order chi connectivity index (χ0) is 34.6. The smallest absolute Gasteiger partial charge is 0.407 e. The number of hydrogen-bond donors (Lipinski definition) is 3. The van der Waals surface area contributed by atoms with Gasteiger partial charge in [0.05, 0.1) is 32.7 Å². The Morgan fingerprint density at radius 3 is 2.52 bits per heavy atom. The lowest BCUT2D eigenvalue weighted by Gasteiger charge is -2.33. The molecule has 3 heterocycles. The molecule has 3 aliphatic rings. The maximum Gasteiger partial charge on any atom is 0.407 e. The van der Waals surface area contributed by atoms with E-state index in [0.29, 0.717) is 30.2 Å². The van der Waals surface area contributed by atoms with Gasteiger partial charge in [-0.2, -0.15) is 0 Å². The van der Waals surface area contributed by atoms with Crippen molar-refractivity contribution in [3.8, 4) is 11.5 Å². The minimum absolute atomic E-state index is 0.0620. The first-order valence-corrected chi connectivity index (χ1v) is 17.3. The number of aliphatic hydroxyl groups excluding tert-OH is 1. The van der Waals surface area contributed by atoms with Crippen LogP contribution in [0, 0.1) is 19.8 Å². The molecule has 0 aliphatic carbocycles. The van der Waals surface area contributed by atoms with Crippen LogP contribution in [-0.2, 0) is 36.8 Å². The first kappa shape index (κ1) is 35.8. The van der Waals surface area contributed by atoms with Gasteiger partial charge in [0, 0.05) is 23.8 Å². The molecule has 3 saturated heterocycles. The molecule has 262 valence electrons. The molecule has 48 heavy (non-hydrogen) atoms. The van der Waals surface area contributed by atoms with Crippen molar-refractivity contribution < 1.29 is 43.2 Å². The van der Waals surface area contributed by atoms with Gasteiger partial charge in [-0.25, -0.2) is 4.79 Å². The Labute approximate surface area is 286 Å². The molecular weight excluding hydrogens is 638 g/mol. The van der Waals surface area contributed by atoms with Gasteiger partial charge in [0.25, 0.3) is 5.91 Å². The summed E-state index contributed by atoms with van der Waals surface area (Å²) in [6.07, 6.45) is -1.72. The number of nitrogens with zero attached hydrogens (tertiary/aromatic N) is 1. The number of carbonyl (C=O) groups excluding carboxylic acids is 3. The molecule has 5 rings (SSSR count). The minimum atomic E-state index is -1.69. The van der Waals surface area contributed by atoms with Gasteiger partial charge < -0.3 is 44.3 Å². The molecule has 6 atom stereocenters. The molecule has 0 spiro atoms. The summed E-state index contributed by atoms with van der Waals surface area (Å²) < 4.78 is 27.3. The molecule has 3 N–H and O–H groups in total. The molecule has 3 aliphatic heterocycles. The summed E-state index contributed by atoms with van der Waals surface area (Å²) >= 11 is 1.45. The molecular formula is C35H47N3O9S. The fourth-order valence-corrected chi connectivity index (χ4v) is 7.87. The van der Waals surface area contributed by atoms with E-state index in [-0.39, 0.29) is 30.7 Å². The standard InChI is InChI=1S/C35H47N3O9S/c1-20-9-7-10-21(2)24(20)17-36-31(40)30-35(3,4)48-19-38(30)32(41)29(39)25(15-22-12-13-26(43-5)27(16-22)44-6)37-34(42)47-28-18-46-33-23(28)11-8-14-45-33/h7,9-10,12-13,16,23,25,28-30,33,39H,8,11,14-15,17-19H2,1-6H3,(H,36,40)(H,37,42)/t23-,25-,28-,29-,30+,33+/m0/s1. The van der Waals surface area contributed by atoms with E-state index in [1.54, 1.807) is 18.2 Å². The van der Waals surface area contributed by atoms with E-state index < -0.39 is 47.3 Å². The predicted octanol–water partition coefficient (Wildman–Crippen LogP) is 3.47. The molecule has 0 saturated carbocycles. The van der Waals surface area contributed by atoms with Gasteiger partial charge in [-0.05, 0) is 81.3 Å². The molecule has 12 nitrogen and oxygen atoms in total. The molecule has 0 radical (unpaired) electrons. The van der Waals surface area contributed by atoms with E-state index in [0.717, 1.165) is 29.5 Å². The number of amides is 3. The Morgan fingerprint density at radius 2 is 1.81 bits per heavy atom. The van der Waals surface area contributed by atoms with Crippen molar-refractivity contribution in [3.63, 3.8) is 0 Å². The number of ether oxygens (including phenoxy) is 5. The highest BCUT2D eigenvalue weighted by molar-refractivity contribution is 8.00. The lowest BCUT2D eigenvalue weighted by molar-refractivity contribution is -0.152. The quantitative estimate of drug-likeness (QED) is 0.322. The van der Waals surface area contributed by atoms with Crippen LogP contribution in [0.1, 0.15) is 48.9 Å². The zero-order valence-corrected chi connectivity index (χ0v) is 29.3. The molecule has 0 aromatic heterocycles. The first-order valence-electron chi connectivity index (χ1n) is 16.3. The summed E-state index contributed by atoms with van der Waals surface area (Å²) in [5, 5.41) is 17.4. The zero-order valence-electron chi connectivity index (χ0n) is 28.4. The van der Waals surface area contributed by atoms with Gasteiger partial charge in [-0.1, -0.05) is 24.3 Å². The highest BCUT2D eigenvalue weighted by Gasteiger charge is 2.50. The Kier molecular flexibility index (Phi) is 11.4. The number of thioether (sulfide) groups is 1. The third-order valence-electron chi connectivity index (χ3n) is 9.48. The topological polar surface area (TPSA) is 145 Å². The van der Waals surface area contributed by atoms with Crippen LogP contribution in [0.25, 0.3) is 0 Å². The van der Waals surface area contributed by atoms with Gasteiger partial charge in [0.1, 0.15) is 12.1 Å². The highest BCUT2D eigenvalue weighted by atomic mass is 32.2. The number of carbonyl (C=O) groups is 3. The summed E-state index contributed by atoms with van der Waals surface area (Å²) in [5.41, 5.74) is 3.81. The average molecular weight is 686 g/mol. The largest absolute Gasteiger partial charge is 0.493 e. The first-order chi connectivity index (χ1) is 22.9. The second-order valence-corrected chi connectivity index (χ2v) is 14.7. The van der Waals surface area contributed by atoms with E-state index in [4.69, 9.17) is 23.7 Å². The maximum absolute atomic E-state index is 14.1. The number of aliphatic hydroxyl groups is 1. The van der Waals surface area contributed by atoms with Crippen molar-refractivity contribution in [2.75, 3.05) is 33.3 Å². The number of rotatable bonds is 11. The number of hydrogen-bond acceptors (Lipinski definition) is 10. The fraction of sp³-hybridized carbons (Fsp3) is 0.571. The van der Waals surface area contributed by atoms with Crippen molar-refractivity contribution in [1.29, 1.82) is 0 Å². The van der Waals surface area contributed by atoms with Crippen molar-refractivity contribution in [1.82, 2.24) is 15.5 Å². The van der Waals surface area contributed by atoms with Crippen molar-refractivity contribution >= 4 is 29.7 Å². The van der Waals surface area contributed by atoms with E-state index >= 15 is 0 Å². The lowest BCUT2D eigenvalue weighted by Crippen LogP contribution is -2.58. The molecule has 0 bridgehead atoms. The Morgan fingerprint density at radius 1 is 1.08 bits per heavy atom. The Hall–Kier alpha value is -3.52. The van der Waals surface area contributed by atoms with E-state index in [9.17, 15) is 19.5 Å².